The molecule has 0 spiro atoms. The molecule has 3 nitrogen and oxygen atoms in total. The molecule has 0 aromatic heterocycles. The molecule has 0 aliphatic carbocycles. The number of nitrogens with two attached hydrogens (primary N) is 1. The number of rotatable bonds is 1. The first-order valence-electron chi connectivity index (χ1n) is 4.98. The fourth-order valence-electron chi connectivity index (χ4n) is 1.37. The summed E-state index contributed by atoms with van der Waals surface area (Å²) in [5.41, 5.74) is 8.08. The van der Waals surface area contributed by atoms with Crippen molar-refractivity contribution < 1.29 is 4.79 Å². The molecule has 15 heavy (non-hydrogen) atoms. The molecule has 0 heterocycles. The summed E-state index contributed by atoms with van der Waals surface area (Å²) < 4.78 is 0. The van der Waals surface area contributed by atoms with Crippen molar-refractivity contribution in [3.05, 3.63) is 29.3 Å². The fourth-order valence-corrected chi connectivity index (χ4v) is 1.37. The van der Waals surface area contributed by atoms with E-state index >= 15 is 0 Å². The van der Waals surface area contributed by atoms with Gasteiger partial charge in [0.05, 0.1) is 5.56 Å². The van der Waals surface area contributed by atoms with Crippen molar-refractivity contribution in [1.82, 2.24) is 5.32 Å². The van der Waals surface area contributed by atoms with E-state index in [4.69, 9.17) is 5.73 Å². The van der Waals surface area contributed by atoms with Gasteiger partial charge < -0.3 is 11.1 Å². The average Bonchev–Trinajstić information content (AvgIpc) is 2.15. The quantitative estimate of drug-likeness (QED) is 0.690. The average molecular weight is 206 g/mol. The zero-order valence-electron chi connectivity index (χ0n) is 9.72. The van der Waals surface area contributed by atoms with Gasteiger partial charge in [-0.2, -0.15) is 0 Å². The minimum absolute atomic E-state index is 0.0509. The molecule has 0 atom stereocenters. The predicted molar refractivity (Wildman–Crippen MR) is 62.9 cm³/mol. The normalized spacial score (nSPS) is 11.2. The molecule has 3 N–H and O–H groups in total. The van der Waals surface area contributed by atoms with Gasteiger partial charge >= 0.3 is 0 Å². The maximum absolute atomic E-state index is 11.4. The van der Waals surface area contributed by atoms with Crippen LogP contribution in [0.5, 0.6) is 0 Å². The van der Waals surface area contributed by atoms with Gasteiger partial charge in [0, 0.05) is 12.7 Å². The van der Waals surface area contributed by atoms with Crippen LogP contribution in [0.4, 0.5) is 5.69 Å². The largest absolute Gasteiger partial charge is 0.398 e. The Morgan fingerprint density at radius 2 is 1.93 bits per heavy atom. The molecule has 0 saturated heterocycles. The zero-order chi connectivity index (χ0) is 11.6. The number of nitrogen functional groups attached to an aromatic ring is 1. The van der Waals surface area contributed by atoms with Gasteiger partial charge in [-0.05, 0) is 23.1 Å². The molecule has 82 valence electrons. The standard InChI is InChI=1S/C12H18N2O/c1-12(2,3)8-5-6-9(10(13)7-8)11(15)14-4/h5-7H,13H2,1-4H3,(H,14,15). The van der Waals surface area contributed by atoms with E-state index in [0.717, 1.165) is 5.56 Å². The van der Waals surface area contributed by atoms with Crippen LogP contribution in [0.2, 0.25) is 0 Å². The van der Waals surface area contributed by atoms with E-state index in [1.54, 1.807) is 13.1 Å². The Labute approximate surface area is 90.7 Å². The second-order valence-electron chi connectivity index (χ2n) is 4.63. The smallest absolute Gasteiger partial charge is 0.253 e. The van der Waals surface area contributed by atoms with E-state index in [2.05, 4.69) is 26.1 Å². The molecule has 0 aliphatic rings. The number of hydrogen-bond acceptors (Lipinski definition) is 2. The highest BCUT2D eigenvalue weighted by atomic mass is 16.1. The van der Waals surface area contributed by atoms with Crippen molar-refractivity contribution in [3.8, 4) is 0 Å². The Kier molecular flexibility index (Phi) is 3.03. The third kappa shape index (κ3) is 2.49. The van der Waals surface area contributed by atoms with Crippen molar-refractivity contribution in [2.24, 2.45) is 0 Å². The zero-order valence-corrected chi connectivity index (χ0v) is 9.72. The van der Waals surface area contributed by atoms with E-state index in [9.17, 15) is 4.79 Å². The fraction of sp³-hybridized carbons (Fsp3) is 0.417. The molecule has 0 aliphatic heterocycles. The summed E-state index contributed by atoms with van der Waals surface area (Å²) in [5.74, 6) is -0.145. The summed E-state index contributed by atoms with van der Waals surface area (Å²) in [6.45, 7) is 6.34. The first-order valence-corrected chi connectivity index (χ1v) is 4.98. The van der Waals surface area contributed by atoms with Crippen LogP contribution in [-0.2, 0) is 5.41 Å². The monoisotopic (exact) mass is 206 g/mol. The van der Waals surface area contributed by atoms with Crippen LogP contribution in [0.25, 0.3) is 0 Å². The molecular formula is C12H18N2O. The third-order valence-corrected chi connectivity index (χ3v) is 2.39. The molecule has 0 unspecified atom stereocenters. The summed E-state index contributed by atoms with van der Waals surface area (Å²) in [5, 5.41) is 2.56. The lowest BCUT2D eigenvalue weighted by Gasteiger charge is -2.20. The van der Waals surface area contributed by atoms with E-state index in [-0.39, 0.29) is 11.3 Å². The van der Waals surface area contributed by atoms with Gasteiger partial charge in [-0.15, -0.1) is 0 Å². The highest BCUT2D eigenvalue weighted by Gasteiger charge is 2.16. The minimum atomic E-state index is -0.145. The number of benzene rings is 1. The Morgan fingerprint density at radius 3 is 2.33 bits per heavy atom. The van der Waals surface area contributed by atoms with Crippen molar-refractivity contribution >= 4 is 11.6 Å². The van der Waals surface area contributed by atoms with Gasteiger partial charge in [0.25, 0.3) is 5.91 Å². The molecule has 0 fully saturated rings. The minimum Gasteiger partial charge on any atom is -0.398 e. The lowest BCUT2D eigenvalue weighted by molar-refractivity contribution is 0.0964. The van der Waals surface area contributed by atoms with E-state index in [0.29, 0.717) is 11.3 Å². The second-order valence-corrected chi connectivity index (χ2v) is 4.63. The van der Waals surface area contributed by atoms with E-state index < -0.39 is 0 Å². The Bertz CT molecular complexity index is 378. The van der Waals surface area contributed by atoms with Crippen LogP contribution >= 0.6 is 0 Å². The first-order chi connectivity index (χ1) is 6.86. The lowest BCUT2D eigenvalue weighted by atomic mass is 9.86. The number of hydrogen-bond donors (Lipinski definition) is 2. The summed E-state index contributed by atoms with van der Waals surface area (Å²) in [7, 11) is 1.60. The molecule has 0 radical (unpaired) electrons. The van der Waals surface area contributed by atoms with Crippen molar-refractivity contribution in [2.75, 3.05) is 12.8 Å². The highest BCUT2D eigenvalue weighted by Crippen LogP contribution is 2.25. The molecule has 3 heteroatoms. The SMILES string of the molecule is CNC(=O)c1ccc(C(C)(C)C)cc1N. The maximum Gasteiger partial charge on any atom is 0.253 e. The Morgan fingerprint density at radius 1 is 1.33 bits per heavy atom. The van der Waals surface area contributed by atoms with Crippen molar-refractivity contribution in [1.29, 1.82) is 0 Å². The number of amides is 1. The first kappa shape index (κ1) is 11.6. The summed E-state index contributed by atoms with van der Waals surface area (Å²) in [6.07, 6.45) is 0. The lowest BCUT2D eigenvalue weighted by Crippen LogP contribution is -2.20. The second kappa shape index (κ2) is 3.93. The third-order valence-electron chi connectivity index (χ3n) is 2.39. The van der Waals surface area contributed by atoms with Crippen LogP contribution in [0.15, 0.2) is 18.2 Å². The number of carbonyl (C=O) groups is 1. The molecule has 1 aromatic rings. The van der Waals surface area contributed by atoms with Gasteiger partial charge in [-0.1, -0.05) is 26.8 Å². The molecule has 1 aromatic carbocycles. The molecule has 1 amide bonds. The van der Waals surface area contributed by atoms with Gasteiger partial charge in [-0.25, -0.2) is 0 Å². The van der Waals surface area contributed by atoms with E-state index in [1.807, 2.05) is 12.1 Å². The van der Waals surface area contributed by atoms with Crippen molar-refractivity contribution in [2.45, 2.75) is 26.2 Å². The van der Waals surface area contributed by atoms with E-state index in [1.165, 1.54) is 0 Å². The summed E-state index contributed by atoms with van der Waals surface area (Å²) in [4.78, 5) is 11.4. The van der Waals surface area contributed by atoms with Crippen LogP contribution in [0.3, 0.4) is 0 Å². The Hall–Kier alpha value is -1.51. The molecule has 0 bridgehead atoms. The van der Waals surface area contributed by atoms with Gasteiger partial charge in [-0.3, -0.25) is 4.79 Å². The number of anilines is 1. The van der Waals surface area contributed by atoms with Crippen LogP contribution in [0, 0.1) is 0 Å². The molecule has 0 saturated carbocycles. The summed E-state index contributed by atoms with van der Waals surface area (Å²) in [6, 6.07) is 5.58. The predicted octanol–water partition coefficient (Wildman–Crippen LogP) is 1.93. The van der Waals surface area contributed by atoms with Gasteiger partial charge in [0.2, 0.25) is 0 Å². The Balaban J connectivity index is 3.15. The topological polar surface area (TPSA) is 55.1 Å². The van der Waals surface area contributed by atoms with Crippen molar-refractivity contribution in [3.63, 3.8) is 0 Å². The van der Waals surface area contributed by atoms with Crippen LogP contribution in [-0.4, -0.2) is 13.0 Å². The highest BCUT2D eigenvalue weighted by molar-refractivity contribution is 5.99. The number of carbonyl (C=O) groups excluding carboxylic acids is 1. The maximum atomic E-state index is 11.4. The molecular weight excluding hydrogens is 188 g/mol. The van der Waals surface area contributed by atoms with Gasteiger partial charge in [0.15, 0.2) is 0 Å². The summed E-state index contributed by atoms with van der Waals surface area (Å²) >= 11 is 0. The van der Waals surface area contributed by atoms with Crippen LogP contribution in [0.1, 0.15) is 36.7 Å². The number of nitrogens with one attached hydrogen (secondary N) is 1. The molecule has 1 rings (SSSR count). The van der Waals surface area contributed by atoms with Crippen LogP contribution < -0.4 is 11.1 Å². The van der Waals surface area contributed by atoms with Gasteiger partial charge in [0.1, 0.15) is 0 Å².